The summed E-state index contributed by atoms with van der Waals surface area (Å²) in [6.07, 6.45) is 1.64. The topological polar surface area (TPSA) is 57.1 Å². The molecular weight excluding hydrogens is 323 g/mol. The molecule has 7 heteroatoms. The van der Waals surface area contributed by atoms with Gasteiger partial charge >= 0.3 is 0 Å². The molecule has 0 bridgehead atoms. The SMILES string of the molecule is [O-][n+]1nc2c(-c3ccccc3Cl)cnn2c2cc(Cl)ccc21. The van der Waals surface area contributed by atoms with Crippen molar-refractivity contribution in [3.05, 3.63) is 63.9 Å². The minimum absolute atomic E-state index is 0.394. The van der Waals surface area contributed by atoms with Crippen molar-refractivity contribution in [2.45, 2.75) is 0 Å². The van der Waals surface area contributed by atoms with Gasteiger partial charge in [0.25, 0.3) is 5.52 Å². The molecule has 2 aromatic carbocycles. The summed E-state index contributed by atoms with van der Waals surface area (Å²) >= 11 is 12.3. The van der Waals surface area contributed by atoms with Crippen LogP contribution in [0.15, 0.2) is 48.7 Å². The molecule has 0 atom stereocenters. The van der Waals surface area contributed by atoms with Crippen LogP contribution in [0.1, 0.15) is 0 Å². The Morgan fingerprint density at radius 3 is 2.68 bits per heavy atom. The van der Waals surface area contributed by atoms with Crippen LogP contribution in [0, 0.1) is 5.21 Å². The Balaban J connectivity index is 2.12. The van der Waals surface area contributed by atoms with Crippen LogP contribution >= 0.6 is 23.2 Å². The van der Waals surface area contributed by atoms with E-state index in [0.29, 0.717) is 37.1 Å². The molecule has 0 aliphatic carbocycles. The summed E-state index contributed by atoms with van der Waals surface area (Å²) in [5.41, 5.74) is 2.87. The Morgan fingerprint density at radius 2 is 1.86 bits per heavy atom. The average Bonchev–Trinajstić information content (AvgIpc) is 2.91. The first-order chi connectivity index (χ1) is 10.6. The number of fused-ring (bicyclic) bond motifs is 3. The summed E-state index contributed by atoms with van der Waals surface area (Å²) in [4.78, 5) is 0.572. The van der Waals surface area contributed by atoms with Gasteiger partial charge < -0.3 is 5.21 Å². The normalized spacial score (nSPS) is 11.4. The van der Waals surface area contributed by atoms with Crippen LogP contribution < -0.4 is 4.85 Å². The lowest BCUT2D eigenvalue weighted by Gasteiger charge is -2.04. The second-order valence-electron chi connectivity index (χ2n) is 4.78. The molecule has 22 heavy (non-hydrogen) atoms. The molecule has 2 heterocycles. The van der Waals surface area contributed by atoms with Gasteiger partial charge in [0.15, 0.2) is 0 Å². The van der Waals surface area contributed by atoms with Crippen LogP contribution in [0.2, 0.25) is 10.0 Å². The molecule has 0 spiro atoms. The number of nitrogens with zero attached hydrogens (tertiary/aromatic N) is 4. The second-order valence-corrected chi connectivity index (χ2v) is 5.62. The van der Waals surface area contributed by atoms with Crippen LogP contribution in [0.3, 0.4) is 0 Å². The van der Waals surface area contributed by atoms with Crippen LogP contribution in [0.5, 0.6) is 0 Å². The first-order valence-corrected chi connectivity index (χ1v) is 7.22. The molecule has 4 rings (SSSR count). The van der Waals surface area contributed by atoms with Gasteiger partial charge in [0.2, 0.25) is 5.65 Å². The highest BCUT2D eigenvalue weighted by atomic mass is 35.5. The highest BCUT2D eigenvalue weighted by molar-refractivity contribution is 6.33. The first kappa shape index (κ1) is 13.3. The molecule has 108 valence electrons. The Morgan fingerprint density at radius 1 is 1.05 bits per heavy atom. The predicted molar refractivity (Wildman–Crippen MR) is 84.9 cm³/mol. The van der Waals surface area contributed by atoms with E-state index in [4.69, 9.17) is 23.2 Å². The molecule has 5 nitrogen and oxygen atoms in total. The molecule has 0 radical (unpaired) electrons. The lowest BCUT2D eigenvalue weighted by molar-refractivity contribution is -0.640. The van der Waals surface area contributed by atoms with Crippen molar-refractivity contribution in [2.24, 2.45) is 0 Å². The summed E-state index contributed by atoms with van der Waals surface area (Å²) < 4.78 is 1.59. The van der Waals surface area contributed by atoms with E-state index < -0.39 is 0 Å². The van der Waals surface area contributed by atoms with Gasteiger partial charge in [-0.3, -0.25) is 0 Å². The van der Waals surface area contributed by atoms with Crippen LogP contribution in [0.4, 0.5) is 0 Å². The number of hydrogen-bond acceptors (Lipinski definition) is 3. The molecule has 0 saturated heterocycles. The van der Waals surface area contributed by atoms with Gasteiger partial charge in [0, 0.05) is 26.8 Å². The van der Waals surface area contributed by atoms with Gasteiger partial charge in [0.1, 0.15) is 5.52 Å². The zero-order chi connectivity index (χ0) is 15.3. The number of benzene rings is 2. The fraction of sp³-hybridized carbons (Fsp3) is 0. The number of halogens is 2. The van der Waals surface area contributed by atoms with Crippen molar-refractivity contribution in [3.8, 4) is 11.1 Å². The van der Waals surface area contributed by atoms with Gasteiger partial charge in [-0.1, -0.05) is 41.4 Å². The van der Waals surface area contributed by atoms with Crippen molar-refractivity contribution in [1.29, 1.82) is 0 Å². The Hall–Kier alpha value is -2.37. The van der Waals surface area contributed by atoms with Gasteiger partial charge in [-0.25, -0.2) is 4.52 Å². The van der Waals surface area contributed by atoms with E-state index in [-0.39, 0.29) is 0 Å². The largest absolute Gasteiger partial charge is 0.594 e. The maximum atomic E-state index is 12.2. The van der Waals surface area contributed by atoms with E-state index in [2.05, 4.69) is 10.2 Å². The number of aromatic nitrogens is 4. The highest BCUT2D eigenvalue weighted by Gasteiger charge is 2.18. The molecule has 0 fully saturated rings. The smallest absolute Gasteiger partial charge is 0.270 e. The summed E-state index contributed by atoms with van der Waals surface area (Å²) in [7, 11) is 0. The van der Waals surface area contributed by atoms with Crippen LogP contribution in [-0.4, -0.2) is 14.7 Å². The molecule has 0 saturated carbocycles. The Bertz CT molecular complexity index is 1030. The molecular formula is C15H8Cl2N4O. The highest BCUT2D eigenvalue weighted by Crippen LogP contribution is 2.30. The molecule has 2 aromatic heterocycles. The molecule has 0 amide bonds. The van der Waals surface area contributed by atoms with E-state index >= 15 is 0 Å². The molecule has 0 aliphatic rings. The summed E-state index contributed by atoms with van der Waals surface area (Å²) in [5, 5.41) is 21.7. The minimum atomic E-state index is 0.394. The van der Waals surface area contributed by atoms with Gasteiger partial charge in [-0.2, -0.15) is 5.10 Å². The third-order valence-corrected chi connectivity index (χ3v) is 4.03. The maximum absolute atomic E-state index is 12.2. The Kier molecular flexibility index (Phi) is 2.92. The molecule has 4 aromatic rings. The van der Waals surface area contributed by atoms with Crippen molar-refractivity contribution < 1.29 is 4.85 Å². The van der Waals surface area contributed by atoms with Crippen molar-refractivity contribution >= 4 is 39.9 Å². The lowest BCUT2D eigenvalue weighted by Crippen LogP contribution is -2.33. The second kappa shape index (κ2) is 4.83. The van der Waals surface area contributed by atoms with E-state index in [1.807, 2.05) is 18.2 Å². The maximum Gasteiger partial charge on any atom is 0.270 e. The van der Waals surface area contributed by atoms with Crippen molar-refractivity contribution in [1.82, 2.24) is 14.7 Å². The fourth-order valence-electron chi connectivity index (χ4n) is 2.45. The van der Waals surface area contributed by atoms with Crippen LogP contribution in [0.25, 0.3) is 27.8 Å². The predicted octanol–water partition coefficient (Wildman–Crippen LogP) is 3.49. The van der Waals surface area contributed by atoms with E-state index in [1.54, 1.807) is 35.0 Å². The lowest BCUT2D eigenvalue weighted by atomic mass is 10.1. The van der Waals surface area contributed by atoms with E-state index in [0.717, 1.165) is 5.56 Å². The molecule has 0 N–H and O–H groups in total. The monoisotopic (exact) mass is 330 g/mol. The standard InChI is InChI=1S/C15H8Cl2N4O/c16-9-5-6-13-14(7-9)20-15(19-21(13)22)11(8-18-20)10-3-1-2-4-12(10)17/h1-8H. The molecule has 0 unspecified atom stereocenters. The summed E-state index contributed by atoms with van der Waals surface area (Å²) in [6.45, 7) is 0. The molecule has 0 aliphatic heterocycles. The van der Waals surface area contributed by atoms with Gasteiger partial charge in [-0.05, 0) is 23.0 Å². The van der Waals surface area contributed by atoms with Crippen LogP contribution in [-0.2, 0) is 0 Å². The van der Waals surface area contributed by atoms with E-state index in [9.17, 15) is 5.21 Å². The number of rotatable bonds is 1. The summed E-state index contributed by atoms with van der Waals surface area (Å²) in [6, 6.07) is 12.3. The minimum Gasteiger partial charge on any atom is -0.594 e. The quantitative estimate of drug-likeness (QED) is 0.396. The summed E-state index contributed by atoms with van der Waals surface area (Å²) in [5.74, 6) is 0. The zero-order valence-corrected chi connectivity index (χ0v) is 12.6. The zero-order valence-electron chi connectivity index (χ0n) is 11.1. The fourth-order valence-corrected chi connectivity index (χ4v) is 2.86. The number of hydrogen-bond donors (Lipinski definition) is 0. The van der Waals surface area contributed by atoms with Gasteiger partial charge in [-0.15, -0.1) is 0 Å². The van der Waals surface area contributed by atoms with Crippen molar-refractivity contribution in [2.75, 3.05) is 0 Å². The third-order valence-electron chi connectivity index (χ3n) is 3.47. The van der Waals surface area contributed by atoms with E-state index in [1.165, 1.54) is 0 Å². The first-order valence-electron chi connectivity index (χ1n) is 6.47. The third kappa shape index (κ3) is 1.90. The van der Waals surface area contributed by atoms with Gasteiger partial charge in [0.05, 0.1) is 11.8 Å². The Labute approximate surface area is 134 Å². The van der Waals surface area contributed by atoms with Crippen molar-refractivity contribution in [3.63, 3.8) is 0 Å². The average molecular weight is 331 g/mol.